The van der Waals surface area contributed by atoms with Crippen molar-refractivity contribution in [3.8, 4) is 17.1 Å². The third-order valence-corrected chi connectivity index (χ3v) is 3.58. The van der Waals surface area contributed by atoms with E-state index in [4.69, 9.17) is 26.6 Å². The van der Waals surface area contributed by atoms with Gasteiger partial charge in [0.25, 0.3) is 5.91 Å². The third-order valence-electron chi connectivity index (χ3n) is 3.35. The first-order valence-electron chi connectivity index (χ1n) is 7.08. The number of nitrogens with zero attached hydrogens (tertiary/aromatic N) is 1. The van der Waals surface area contributed by atoms with Crippen LogP contribution < -0.4 is 10.5 Å². The monoisotopic (exact) mass is 364 g/mol. The van der Waals surface area contributed by atoms with Gasteiger partial charge in [0, 0.05) is 16.7 Å². The van der Waals surface area contributed by atoms with Crippen LogP contribution >= 0.6 is 11.6 Å². The van der Waals surface area contributed by atoms with E-state index in [9.17, 15) is 13.6 Å². The van der Waals surface area contributed by atoms with Crippen molar-refractivity contribution in [1.82, 2.24) is 5.16 Å². The fourth-order valence-corrected chi connectivity index (χ4v) is 2.37. The van der Waals surface area contributed by atoms with Gasteiger partial charge in [-0.15, -0.1) is 0 Å². The molecule has 128 valence electrons. The Balaban J connectivity index is 1.77. The SMILES string of the molecule is NC(=O)c1c(F)ccc(OCc2cc(-c3cccc(Cl)c3)on2)c1F. The van der Waals surface area contributed by atoms with E-state index < -0.39 is 23.1 Å². The largest absolute Gasteiger partial charge is 0.484 e. The van der Waals surface area contributed by atoms with Crippen LogP contribution in [0.15, 0.2) is 47.0 Å². The number of primary amides is 1. The molecule has 5 nitrogen and oxygen atoms in total. The molecular weight excluding hydrogens is 354 g/mol. The van der Waals surface area contributed by atoms with Gasteiger partial charge in [-0.25, -0.2) is 8.78 Å². The molecule has 1 heterocycles. The molecule has 0 aliphatic carbocycles. The zero-order valence-electron chi connectivity index (χ0n) is 12.6. The van der Waals surface area contributed by atoms with E-state index in [-0.39, 0.29) is 12.4 Å². The highest BCUT2D eigenvalue weighted by molar-refractivity contribution is 6.30. The molecule has 8 heteroatoms. The number of rotatable bonds is 5. The number of aromatic nitrogens is 1. The number of carbonyl (C=O) groups is 1. The van der Waals surface area contributed by atoms with Crippen molar-refractivity contribution in [2.45, 2.75) is 6.61 Å². The van der Waals surface area contributed by atoms with Gasteiger partial charge in [-0.1, -0.05) is 28.9 Å². The molecule has 0 atom stereocenters. The van der Waals surface area contributed by atoms with Gasteiger partial charge in [0.1, 0.15) is 23.7 Å². The molecule has 1 amide bonds. The Hall–Kier alpha value is -2.93. The van der Waals surface area contributed by atoms with Gasteiger partial charge in [0.2, 0.25) is 0 Å². The first kappa shape index (κ1) is 16.9. The molecule has 25 heavy (non-hydrogen) atoms. The molecule has 0 spiro atoms. The van der Waals surface area contributed by atoms with E-state index in [0.29, 0.717) is 16.5 Å². The van der Waals surface area contributed by atoms with Gasteiger partial charge < -0.3 is 15.0 Å². The number of carbonyl (C=O) groups excluding carboxylic acids is 1. The Labute approximate surface area is 145 Å². The smallest absolute Gasteiger partial charge is 0.254 e. The molecule has 0 saturated heterocycles. The number of nitrogens with two attached hydrogens (primary N) is 1. The second kappa shape index (κ2) is 6.90. The maximum atomic E-state index is 14.1. The van der Waals surface area contributed by atoms with Crippen LogP contribution in [0.1, 0.15) is 16.1 Å². The summed E-state index contributed by atoms with van der Waals surface area (Å²) >= 11 is 5.92. The fraction of sp³-hybridized carbons (Fsp3) is 0.0588. The molecule has 0 saturated carbocycles. The third kappa shape index (κ3) is 3.61. The van der Waals surface area contributed by atoms with Gasteiger partial charge >= 0.3 is 0 Å². The summed E-state index contributed by atoms with van der Waals surface area (Å²) in [6.07, 6.45) is 0. The van der Waals surface area contributed by atoms with Gasteiger partial charge in [0.15, 0.2) is 17.3 Å². The van der Waals surface area contributed by atoms with Crippen LogP contribution in [0.25, 0.3) is 11.3 Å². The minimum atomic E-state index is -1.22. The maximum Gasteiger partial charge on any atom is 0.254 e. The van der Waals surface area contributed by atoms with Crippen molar-refractivity contribution >= 4 is 17.5 Å². The van der Waals surface area contributed by atoms with E-state index in [1.165, 1.54) is 0 Å². The first-order valence-corrected chi connectivity index (χ1v) is 7.45. The topological polar surface area (TPSA) is 78.4 Å². The lowest BCUT2D eigenvalue weighted by Crippen LogP contribution is -2.16. The van der Waals surface area contributed by atoms with E-state index in [0.717, 1.165) is 17.7 Å². The van der Waals surface area contributed by atoms with E-state index in [1.54, 1.807) is 30.3 Å². The first-order chi connectivity index (χ1) is 12.0. The van der Waals surface area contributed by atoms with E-state index in [1.807, 2.05) is 0 Å². The van der Waals surface area contributed by atoms with Crippen molar-refractivity contribution in [3.05, 3.63) is 70.4 Å². The lowest BCUT2D eigenvalue weighted by Gasteiger charge is -2.08. The number of amides is 1. The predicted octanol–water partition coefficient (Wildman–Crippen LogP) is 3.95. The van der Waals surface area contributed by atoms with Crippen molar-refractivity contribution in [1.29, 1.82) is 0 Å². The summed E-state index contributed by atoms with van der Waals surface area (Å²) in [7, 11) is 0. The van der Waals surface area contributed by atoms with Crippen LogP contribution in [-0.4, -0.2) is 11.1 Å². The number of benzene rings is 2. The zero-order chi connectivity index (χ0) is 18.0. The Morgan fingerprint density at radius 2 is 2.04 bits per heavy atom. The molecule has 2 aromatic carbocycles. The van der Waals surface area contributed by atoms with Crippen LogP contribution in [-0.2, 0) is 6.61 Å². The van der Waals surface area contributed by atoms with Crippen LogP contribution in [0.3, 0.4) is 0 Å². The predicted molar refractivity (Wildman–Crippen MR) is 86.2 cm³/mol. The normalized spacial score (nSPS) is 10.7. The summed E-state index contributed by atoms with van der Waals surface area (Å²) in [6.45, 7) is -0.148. The lowest BCUT2D eigenvalue weighted by atomic mass is 10.1. The molecule has 3 aromatic rings. The van der Waals surface area contributed by atoms with Crippen LogP contribution in [0.2, 0.25) is 5.02 Å². The molecular formula is C17H11ClF2N2O3. The molecule has 0 radical (unpaired) electrons. The molecule has 0 bridgehead atoms. The second-order valence-corrected chi connectivity index (χ2v) is 5.52. The van der Waals surface area contributed by atoms with E-state index in [2.05, 4.69) is 5.16 Å². The Kier molecular flexibility index (Phi) is 4.67. The summed E-state index contributed by atoms with van der Waals surface area (Å²) in [6, 6.07) is 10.5. The van der Waals surface area contributed by atoms with Crippen LogP contribution in [0.4, 0.5) is 8.78 Å². The average molecular weight is 365 g/mol. The highest BCUT2D eigenvalue weighted by Crippen LogP contribution is 2.26. The summed E-state index contributed by atoms with van der Waals surface area (Å²) in [5.41, 5.74) is 5.20. The lowest BCUT2D eigenvalue weighted by molar-refractivity contribution is 0.0991. The number of hydrogen-bond acceptors (Lipinski definition) is 4. The van der Waals surface area contributed by atoms with Gasteiger partial charge in [0.05, 0.1) is 0 Å². The molecule has 0 unspecified atom stereocenters. The number of halogens is 3. The number of hydrogen-bond donors (Lipinski definition) is 1. The minimum absolute atomic E-state index is 0.148. The zero-order valence-corrected chi connectivity index (χ0v) is 13.4. The van der Waals surface area contributed by atoms with Gasteiger partial charge in [-0.05, 0) is 24.3 Å². The summed E-state index contributed by atoms with van der Waals surface area (Å²) in [5, 5.41) is 4.35. The molecule has 3 rings (SSSR count). The van der Waals surface area contributed by atoms with Crippen LogP contribution in [0.5, 0.6) is 5.75 Å². The molecule has 1 aromatic heterocycles. The van der Waals surface area contributed by atoms with Gasteiger partial charge in [-0.2, -0.15) is 0 Å². The molecule has 0 aliphatic heterocycles. The molecule has 2 N–H and O–H groups in total. The van der Waals surface area contributed by atoms with E-state index >= 15 is 0 Å². The van der Waals surface area contributed by atoms with Crippen molar-refractivity contribution in [3.63, 3.8) is 0 Å². The minimum Gasteiger partial charge on any atom is -0.484 e. The van der Waals surface area contributed by atoms with Crippen molar-refractivity contribution < 1.29 is 22.8 Å². The number of ether oxygens (including phenoxy) is 1. The molecule has 0 aliphatic rings. The fourth-order valence-electron chi connectivity index (χ4n) is 2.18. The quantitative estimate of drug-likeness (QED) is 0.743. The Morgan fingerprint density at radius 3 is 2.76 bits per heavy atom. The second-order valence-electron chi connectivity index (χ2n) is 5.08. The Morgan fingerprint density at radius 1 is 1.24 bits per heavy atom. The van der Waals surface area contributed by atoms with Crippen molar-refractivity contribution in [2.75, 3.05) is 0 Å². The maximum absolute atomic E-state index is 14.1. The van der Waals surface area contributed by atoms with Gasteiger partial charge in [-0.3, -0.25) is 4.79 Å². The highest BCUT2D eigenvalue weighted by Gasteiger charge is 2.19. The van der Waals surface area contributed by atoms with Crippen LogP contribution in [0, 0.1) is 11.6 Å². The van der Waals surface area contributed by atoms with Crippen molar-refractivity contribution in [2.24, 2.45) is 5.73 Å². The molecule has 0 fully saturated rings. The summed E-state index contributed by atoms with van der Waals surface area (Å²) in [4.78, 5) is 11.1. The summed E-state index contributed by atoms with van der Waals surface area (Å²) < 4.78 is 37.9. The standard InChI is InChI=1S/C17H11ClF2N2O3/c18-10-3-1-2-9(6-10)14-7-11(22-25-14)8-24-13-5-4-12(19)15(16(13)20)17(21)23/h1-7H,8H2,(H2,21,23). The Bertz CT molecular complexity index is 943. The highest BCUT2D eigenvalue weighted by atomic mass is 35.5. The summed E-state index contributed by atoms with van der Waals surface area (Å²) in [5.74, 6) is -3.29. The average Bonchev–Trinajstić information content (AvgIpc) is 3.03.